The number of ether oxygens (including phenoxy) is 1. The van der Waals surface area contributed by atoms with Gasteiger partial charge in [-0.3, -0.25) is 5.32 Å². The maximum Gasteiger partial charge on any atom is 0.418 e. The molecule has 0 bridgehead atoms. The number of hydrogen-bond donors (Lipinski definition) is 2. The molecule has 7 heteroatoms. The highest BCUT2D eigenvalue weighted by Crippen LogP contribution is 2.34. The molecule has 0 saturated carbocycles. The van der Waals surface area contributed by atoms with Crippen LogP contribution in [-0.2, 0) is 10.9 Å². The van der Waals surface area contributed by atoms with Gasteiger partial charge in [-0.05, 0) is 25.1 Å². The van der Waals surface area contributed by atoms with Crippen LogP contribution in [0.3, 0.4) is 0 Å². The largest absolute Gasteiger partial charge is 0.448 e. The van der Waals surface area contributed by atoms with E-state index in [0.29, 0.717) is 6.54 Å². The molecule has 112 valence electrons. The van der Waals surface area contributed by atoms with E-state index in [4.69, 9.17) is 4.74 Å². The number of hydrogen-bond acceptors (Lipinski definition) is 3. The van der Waals surface area contributed by atoms with E-state index in [9.17, 15) is 18.0 Å². The third-order valence-electron chi connectivity index (χ3n) is 2.41. The van der Waals surface area contributed by atoms with Crippen molar-refractivity contribution in [3.8, 4) is 0 Å². The molecule has 0 radical (unpaired) electrons. The molecule has 1 aromatic rings. The zero-order valence-electron chi connectivity index (χ0n) is 11.1. The van der Waals surface area contributed by atoms with Crippen molar-refractivity contribution < 1.29 is 22.7 Å². The van der Waals surface area contributed by atoms with Gasteiger partial charge >= 0.3 is 12.3 Å². The number of anilines is 1. The first kappa shape index (κ1) is 16.3. The number of nitrogens with one attached hydrogen (secondary N) is 2. The molecule has 0 spiro atoms. The lowest BCUT2D eigenvalue weighted by Gasteiger charge is -2.13. The average molecular weight is 290 g/mol. The molecule has 1 amide bonds. The Bertz CT molecular complexity index is 436. The second kappa shape index (κ2) is 7.74. The van der Waals surface area contributed by atoms with Crippen molar-refractivity contribution in [3.63, 3.8) is 0 Å². The maximum absolute atomic E-state index is 12.7. The number of para-hydroxylation sites is 1. The highest BCUT2D eigenvalue weighted by atomic mass is 19.4. The van der Waals surface area contributed by atoms with Crippen LogP contribution in [0.1, 0.15) is 18.9 Å². The summed E-state index contributed by atoms with van der Waals surface area (Å²) in [5.74, 6) is 0. The average Bonchev–Trinajstić information content (AvgIpc) is 2.38. The number of alkyl halides is 3. The van der Waals surface area contributed by atoms with Crippen molar-refractivity contribution in [1.82, 2.24) is 5.32 Å². The second-order valence-electron chi connectivity index (χ2n) is 4.05. The SMILES string of the molecule is CCCNCCOC(=O)Nc1ccccc1C(F)(F)F. The van der Waals surface area contributed by atoms with Gasteiger partial charge in [-0.1, -0.05) is 19.1 Å². The highest BCUT2D eigenvalue weighted by molar-refractivity contribution is 5.85. The maximum atomic E-state index is 12.7. The van der Waals surface area contributed by atoms with E-state index in [1.807, 2.05) is 6.92 Å². The van der Waals surface area contributed by atoms with Crippen LogP contribution in [0.25, 0.3) is 0 Å². The zero-order chi connectivity index (χ0) is 15.0. The number of halogens is 3. The van der Waals surface area contributed by atoms with Crippen LogP contribution in [0.5, 0.6) is 0 Å². The van der Waals surface area contributed by atoms with E-state index < -0.39 is 17.8 Å². The van der Waals surface area contributed by atoms with Gasteiger partial charge in [0.15, 0.2) is 0 Å². The van der Waals surface area contributed by atoms with Gasteiger partial charge in [-0.15, -0.1) is 0 Å². The summed E-state index contributed by atoms with van der Waals surface area (Å²) >= 11 is 0. The summed E-state index contributed by atoms with van der Waals surface area (Å²) in [4.78, 5) is 11.4. The fraction of sp³-hybridized carbons (Fsp3) is 0.462. The Morgan fingerprint density at radius 1 is 1.25 bits per heavy atom. The van der Waals surface area contributed by atoms with Crippen LogP contribution in [0.15, 0.2) is 24.3 Å². The van der Waals surface area contributed by atoms with Crippen molar-refractivity contribution in [3.05, 3.63) is 29.8 Å². The molecule has 0 atom stereocenters. The molecule has 0 aromatic heterocycles. The molecule has 0 heterocycles. The van der Waals surface area contributed by atoms with E-state index in [0.717, 1.165) is 19.0 Å². The first-order chi connectivity index (χ1) is 9.45. The van der Waals surface area contributed by atoms with E-state index >= 15 is 0 Å². The summed E-state index contributed by atoms with van der Waals surface area (Å²) < 4.78 is 42.8. The molecule has 1 rings (SSSR count). The van der Waals surface area contributed by atoms with Gasteiger partial charge in [-0.2, -0.15) is 13.2 Å². The number of carbonyl (C=O) groups is 1. The smallest absolute Gasteiger partial charge is 0.418 e. The third kappa shape index (κ3) is 5.48. The number of carbonyl (C=O) groups excluding carboxylic acids is 1. The third-order valence-corrected chi connectivity index (χ3v) is 2.41. The lowest BCUT2D eigenvalue weighted by Crippen LogP contribution is -2.24. The molecule has 2 N–H and O–H groups in total. The number of benzene rings is 1. The lowest BCUT2D eigenvalue weighted by molar-refractivity contribution is -0.136. The molecular formula is C13H17F3N2O2. The summed E-state index contributed by atoms with van der Waals surface area (Å²) in [5.41, 5.74) is -1.22. The quantitative estimate of drug-likeness (QED) is 0.791. The van der Waals surface area contributed by atoms with Gasteiger partial charge in [0.25, 0.3) is 0 Å². The summed E-state index contributed by atoms with van der Waals surface area (Å²) in [5, 5.41) is 5.10. The minimum absolute atomic E-state index is 0.0972. The minimum atomic E-state index is -4.52. The van der Waals surface area contributed by atoms with Crippen molar-refractivity contribution in [2.45, 2.75) is 19.5 Å². The molecule has 0 aliphatic heterocycles. The topological polar surface area (TPSA) is 50.4 Å². The van der Waals surface area contributed by atoms with Gasteiger partial charge in [0, 0.05) is 6.54 Å². The van der Waals surface area contributed by atoms with Crippen LogP contribution < -0.4 is 10.6 Å². The van der Waals surface area contributed by atoms with Crippen LogP contribution in [0.2, 0.25) is 0 Å². The zero-order valence-corrected chi connectivity index (χ0v) is 11.1. The predicted molar refractivity (Wildman–Crippen MR) is 69.6 cm³/mol. The van der Waals surface area contributed by atoms with Gasteiger partial charge in [0.05, 0.1) is 11.3 Å². The minimum Gasteiger partial charge on any atom is -0.448 e. The van der Waals surface area contributed by atoms with Gasteiger partial charge in [0.2, 0.25) is 0 Å². The standard InChI is InChI=1S/C13H17F3N2O2/c1-2-7-17-8-9-20-12(19)18-11-6-4-3-5-10(11)13(14,15)16/h3-6,17H,2,7-9H2,1H3,(H,18,19). The Labute approximate surface area is 115 Å². The monoisotopic (exact) mass is 290 g/mol. The summed E-state index contributed by atoms with van der Waals surface area (Å²) in [7, 11) is 0. The second-order valence-corrected chi connectivity index (χ2v) is 4.05. The molecule has 20 heavy (non-hydrogen) atoms. The van der Waals surface area contributed by atoms with Crippen molar-refractivity contribution >= 4 is 11.8 Å². The van der Waals surface area contributed by atoms with Gasteiger partial charge in [0.1, 0.15) is 6.61 Å². The molecular weight excluding hydrogens is 273 g/mol. The van der Waals surface area contributed by atoms with Crippen LogP contribution in [-0.4, -0.2) is 25.8 Å². The first-order valence-electron chi connectivity index (χ1n) is 6.26. The Morgan fingerprint density at radius 3 is 2.60 bits per heavy atom. The van der Waals surface area contributed by atoms with Gasteiger partial charge < -0.3 is 10.1 Å². The lowest BCUT2D eigenvalue weighted by atomic mass is 10.2. The van der Waals surface area contributed by atoms with Crippen LogP contribution in [0, 0.1) is 0 Å². The molecule has 0 unspecified atom stereocenters. The van der Waals surface area contributed by atoms with Crippen molar-refractivity contribution in [2.75, 3.05) is 25.0 Å². The molecule has 0 saturated heterocycles. The molecule has 1 aromatic carbocycles. The summed E-state index contributed by atoms with van der Waals surface area (Å²) in [6.45, 7) is 3.35. The van der Waals surface area contributed by atoms with E-state index in [2.05, 4.69) is 10.6 Å². The van der Waals surface area contributed by atoms with Crippen LogP contribution in [0.4, 0.5) is 23.7 Å². The highest BCUT2D eigenvalue weighted by Gasteiger charge is 2.33. The van der Waals surface area contributed by atoms with E-state index in [1.165, 1.54) is 18.2 Å². The molecule has 4 nitrogen and oxygen atoms in total. The molecule has 0 aliphatic rings. The Balaban J connectivity index is 2.50. The summed E-state index contributed by atoms with van der Waals surface area (Å²) in [6, 6.07) is 4.75. The first-order valence-corrected chi connectivity index (χ1v) is 6.26. The summed E-state index contributed by atoms with van der Waals surface area (Å²) in [6.07, 6.45) is -4.47. The van der Waals surface area contributed by atoms with E-state index in [-0.39, 0.29) is 12.3 Å². The normalized spacial score (nSPS) is 11.2. The van der Waals surface area contributed by atoms with Crippen molar-refractivity contribution in [2.24, 2.45) is 0 Å². The molecule has 0 fully saturated rings. The van der Waals surface area contributed by atoms with E-state index in [1.54, 1.807) is 0 Å². The Morgan fingerprint density at radius 2 is 1.95 bits per heavy atom. The Hall–Kier alpha value is -1.76. The Kier molecular flexibility index (Phi) is 6.30. The van der Waals surface area contributed by atoms with Gasteiger partial charge in [-0.25, -0.2) is 4.79 Å². The van der Waals surface area contributed by atoms with Crippen molar-refractivity contribution in [1.29, 1.82) is 0 Å². The number of rotatable bonds is 6. The van der Waals surface area contributed by atoms with Crippen LogP contribution >= 0.6 is 0 Å². The fourth-order valence-corrected chi connectivity index (χ4v) is 1.50. The number of amides is 1. The molecule has 0 aliphatic carbocycles. The fourth-order valence-electron chi connectivity index (χ4n) is 1.50. The predicted octanol–water partition coefficient (Wildman–Crippen LogP) is 3.25.